The van der Waals surface area contributed by atoms with Crippen molar-refractivity contribution in [1.82, 2.24) is 9.97 Å². The third-order valence-corrected chi connectivity index (χ3v) is 4.63. The Hall–Kier alpha value is -3.29. The van der Waals surface area contributed by atoms with Crippen LogP contribution in [0.3, 0.4) is 0 Å². The fraction of sp³-hybridized carbons (Fsp3) is 0.273. The molecule has 30 heavy (non-hydrogen) atoms. The van der Waals surface area contributed by atoms with Crippen LogP contribution >= 0.6 is 0 Å². The third kappa shape index (κ3) is 5.00. The number of aromatic nitrogens is 2. The molecule has 8 heteroatoms. The number of aromatic hydroxyl groups is 1. The van der Waals surface area contributed by atoms with Crippen molar-refractivity contribution in [3.8, 4) is 22.8 Å². The number of ether oxygens (including phenoxy) is 1. The Morgan fingerprint density at radius 1 is 1.13 bits per heavy atom. The minimum atomic E-state index is -4.40. The van der Waals surface area contributed by atoms with Crippen LogP contribution < -0.4 is 10.1 Å². The summed E-state index contributed by atoms with van der Waals surface area (Å²) in [5, 5.41) is 13.0. The number of benzene rings is 2. The average molecular weight is 417 g/mol. The maximum atomic E-state index is 13.1. The lowest BCUT2D eigenvalue weighted by molar-refractivity contribution is -0.137. The third-order valence-electron chi connectivity index (χ3n) is 4.63. The standard InChI is InChI=1S/C22H22F3N3O2/c1-3-5-17(14-6-4-7-16(10-14)22(23,24)25)27-21-13-26-12-18(28-21)15-8-9-19(29)20(11-15)30-2/h4,6-13,17,29H,3,5H2,1-2H3,(H,27,28). The molecule has 1 atom stereocenters. The van der Waals surface area contributed by atoms with E-state index in [1.807, 2.05) is 6.92 Å². The van der Waals surface area contributed by atoms with E-state index >= 15 is 0 Å². The molecule has 0 aliphatic rings. The highest BCUT2D eigenvalue weighted by Crippen LogP contribution is 2.33. The number of phenolic OH excluding ortho intramolecular Hbond substituents is 1. The van der Waals surface area contributed by atoms with E-state index in [-0.39, 0.29) is 11.8 Å². The van der Waals surface area contributed by atoms with Gasteiger partial charge < -0.3 is 15.2 Å². The van der Waals surface area contributed by atoms with E-state index in [2.05, 4.69) is 15.3 Å². The van der Waals surface area contributed by atoms with Crippen molar-refractivity contribution in [2.24, 2.45) is 0 Å². The van der Waals surface area contributed by atoms with Crippen LogP contribution in [0.2, 0.25) is 0 Å². The Bertz CT molecular complexity index is 1010. The van der Waals surface area contributed by atoms with E-state index in [0.29, 0.717) is 34.8 Å². The molecule has 0 saturated heterocycles. The number of rotatable bonds is 7. The molecule has 0 radical (unpaired) electrons. The van der Waals surface area contributed by atoms with Gasteiger partial charge in [-0.05, 0) is 42.3 Å². The van der Waals surface area contributed by atoms with Crippen molar-refractivity contribution in [2.45, 2.75) is 32.0 Å². The zero-order valence-electron chi connectivity index (χ0n) is 16.6. The SMILES string of the molecule is CCCC(Nc1cncc(-c2ccc(O)c(OC)c2)n1)c1cccc(C(F)(F)F)c1. The first-order chi connectivity index (χ1) is 14.3. The highest BCUT2D eigenvalue weighted by atomic mass is 19.4. The van der Waals surface area contributed by atoms with E-state index in [0.717, 1.165) is 18.6 Å². The average Bonchev–Trinajstić information content (AvgIpc) is 2.73. The zero-order valence-corrected chi connectivity index (χ0v) is 16.6. The van der Waals surface area contributed by atoms with Gasteiger partial charge in [-0.3, -0.25) is 4.98 Å². The highest BCUT2D eigenvalue weighted by Gasteiger charge is 2.31. The molecule has 0 bridgehead atoms. The van der Waals surface area contributed by atoms with Gasteiger partial charge in [-0.15, -0.1) is 0 Å². The maximum Gasteiger partial charge on any atom is 0.416 e. The minimum Gasteiger partial charge on any atom is -0.504 e. The summed E-state index contributed by atoms with van der Waals surface area (Å²) in [6.07, 6.45) is 0.0916. The summed E-state index contributed by atoms with van der Waals surface area (Å²) in [4.78, 5) is 8.73. The Morgan fingerprint density at radius 3 is 2.63 bits per heavy atom. The van der Waals surface area contributed by atoms with Crippen molar-refractivity contribution < 1.29 is 23.0 Å². The van der Waals surface area contributed by atoms with Crippen LogP contribution in [0, 0.1) is 0 Å². The Morgan fingerprint density at radius 2 is 1.93 bits per heavy atom. The molecule has 5 nitrogen and oxygen atoms in total. The van der Waals surface area contributed by atoms with Crippen molar-refractivity contribution >= 4 is 5.82 Å². The molecule has 1 unspecified atom stereocenters. The highest BCUT2D eigenvalue weighted by molar-refractivity contribution is 5.64. The van der Waals surface area contributed by atoms with Crippen LogP contribution in [0.4, 0.5) is 19.0 Å². The van der Waals surface area contributed by atoms with Crippen LogP contribution in [0.15, 0.2) is 54.9 Å². The summed E-state index contributed by atoms with van der Waals surface area (Å²) in [6.45, 7) is 1.97. The molecule has 0 aliphatic heterocycles. The molecule has 0 amide bonds. The maximum absolute atomic E-state index is 13.1. The molecule has 3 rings (SSSR count). The molecule has 158 valence electrons. The lowest BCUT2D eigenvalue weighted by atomic mass is 10.00. The van der Waals surface area contributed by atoms with Crippen molar-refractivity contribution in [1.29, 1.82) is 0 Å². The van der Waals surface area contributed by atoms with E-state index < -0.39 is 11.7 Å². The topological polar surface area (TPSA) is 67.3 Å². The summed E-state index contributed by atoms with van der Waals surface area (Å²) in [7, 11) is 1.45. The van der Waals surface area contributed by atoms with Gasteiger partial charge in [0.15, 0.2) is 11.5 Å². The van der Waals surface area contributed by atoms with Crippen molar-refractivity contribution in [2.75, 3.05) is 12.4 Å². The Labute approximate surface area is 172 Å². The predicted molar refractivity (Wildman–Crippen MR) is 108 cm³/mol. The number of hydrogen-bond donors (Lipinski definition) is 2. The predicted octanol–water partition coefficient (Wildman–Crippen LogP) is 5.83. The monoisotopic (exact) mass is 417 g/mol. The second-order valence-electron chi connectivity index (χ2n) is 6.79. The lowest BCUT2D eigenvalue weighted by Crippen LogP contribution is -2.14. The first-order valence-electron chi connectivity index (χ1n) is 9.45. The van der Waals surface area contributed by atoms with Gasteiger partial charge >= 0.3 is 6.18 Å². The van der Waals surface area contributed by atoms with E-state index in [1.165, 1.54) is 25.4 Å². The van der Waals surface area contributed by atoms with Gasteiger partial charge in [-0.25, -0.2) is 4.98 Å². The van der Waals surface area contributed by atoms with Crippen LogP contribution in [0.5, 0.6) is 11.5 Å². The molecular weight excluding hydrogens is 395 g/mol. The van der Waals surface area contributed by atoms with Crippen LogP contribution in [-0.4, -0.2) is 22.2 Å². The van der Waals surface area contributed by atoms with Gasteiger partial charge in [0, 0.05) is 5.56 Å². The number of alkyl halides is 3. The van der Waals surface area contributed by atoms with Crippen molar-refractivity contribution in [3.63, 3.8) is 0 Å². The summed E-state index contributed by atoms with van der Waals surface area (Å²) in [6, 6.07) is 9.77. The van der Waals surface area contributed by atoms with Crippen LogP contribution in [0.1, 0.15) is 36.9 Å². The number of hydrogen-bond acceptors (Lipinski definition) is 5. The van der Waals surface area contributed by atoms with Crippen LogP contribution in [-0.2, 0) is 6.18 Å². The van der Waals surface area contributed by atoms with E-state index in [1.54, 1.807) is 24.4 Å². The first kappa shape index (κ1) is 21.4. The molecule has 1 aromatic heterocycles. The van der Waals surface area contributed by atoms with Crippen molar-refractivity contribution in [3.05, 3.63) is 66.0 Å². The molecule has 0 saturated carbocycles. The first-order valence-corrected chi connectivity index (χ1v) is 9.45. The van der Waals surface area contributed by atoms with E-state index in [9.17, 15) is 18.3 Å². The number of nitrogens with one attached hydrogen (secondary N) is 1. The summed E-state index contributed by atoms with van der Waals surface area (Å²) in [5.74, 6) is 0.756. The van der Waals surface area contributed by atoms with Gasteiger partial charge in [0.2, 0.25) is 0 Å². The number of anilines is 1. The van der Waals surface area contributed by atoms with Gasteiger partial charge in [0.05, 0.1) is 36.8 Å². The molecule has 0 fully saturated rings. The fourth-order valence-corrected chi connectivity index (χ4v) is 3.13. The lowest BCUT2D eigenvalue weighted by Gasteiger charge is -2.20. The second-order valence-corrected chi connectivity index (χ2v) is 6.79. The summed E-state index contributed by atoms with van der Waals surface area (Å²) >= 11 is 0. The summed E-state index contributed by atoms with van der Waals surface area (Å²) < 4.78 is 44.4. The molecule has 0 aliphatic carbocycles. The normalized spacial score (nSPS) is 12.4. The molecule has 2 N–H and O–H groups in total. The number of halogens is 3. The fourth-order valence-electron chi connectivity index (χ4n) is 3.13. The Kier molecular flexibility index (Phi) is 6.44. The quantitative estimate of drug-likeness (QED) is 0.506. The second kappa shape index (κ2) is 9.02. The molecule has 2 aromatic carbocycles. The number of nitrogens with zero attached hydrogens (tertiary/aromatic N) is 2. The van der Waals surface area contributed by atoms with Gasteiger partial charge in [0.1, 0.15) is 5.82 Å². The molecule has 3 aromatic rings. The molecular formula is C22H22F3N3O2. The smallest absolute Gasteiger partial charge is 0.416 e. The van der Waals surface area contributed by atoms with Gasteiger partial charge in [0.25, 0.3) is 0 Å². The van der Waals surface area contributed by atoms with Gasteiger partial charge in [-0.2, -0.15) is 13.2 Å². The Balaban J connectivity index is 1.89. The number of methoxy groups -OCH3 is 1. The molecule has 0 spiro atoms. The minimum absolute atomic E-state index is 0.0102. The van der Waals surface area contributed by atoms with E-state index in [4.69, 9.17) is 4.74 Å². The number of phenols is 1. The molecule has 1 heterocycles. The van der Waals surface area contributed by atoms with Gasteiger partial charge in [-0.1, -0.05) is 25.5 Å². The zero-order chi connectivity index (χ0) is 21.7. The van der Waals surface area contributed by atoms with Crippen LogP contribution in [0.25, 0.3) is 11.3 Å². The summed E-state index contributed by atoms with van der Waals surface area (Å²) in [5.41, 5.74) is 1.08. The largest absolute Gasteiger partial charge is 0.504 e.